The number of piperazine rings is 1. The van der Waals surface area contributed by atoms with Gasteiger partial charge in [0.1, 0.15) is 5.75 Å². The predicted octanol–water partition coefficient (Wildman–Crippen LogP) is 2.74. The number of phenols is 1. The summed E-state index contributed by atoms with van der Waals surface area (Å²) >= 11 is 0. The van der Waals surface area contributed by atoms with Gasteiger partial charge in [0.05, 0.1) is 11.7 Å². The van der Waals surface area contributed by atoms with E-state index in [1.165, 1.54) is 6.92 Å². The molecule has 6 nitrogen and oxygen atoms in total. The number of amides is 1. The first kappa shape index (κ1) is 18.9. The van der Waals surface area contributed by atoms with Crippen molar-refractivity contribution in [3.63, 3.8) is 0 Å². The number of ketones is 1. The first-order chi connectivity index (χ1) is 13.0. The maximum Gasteiger partial charge on any atom is 0.221 e. The van der Waals surface area contributed by atoms with Crippen LogP contribution < -0.4 is 10.2 Å². The topological polar surface area (TPSA) is 72.9 Å². The highest BCUT2D eigenvalue weighted by atomic mass is 16.3. The van der Waals surface area contributed by atoms with Gasteiger partial charge in [-0.25, -0.2) is 0 Å². The van der Waals surface area contributed by atoms with Crippen LogP contribution >= 0.6 is 0 Å². The molecule has 1 unspecified atom stereocenters. The molecule has 142 valence electrons. The van der Waals surface area contributed by atoms with Crippen molar-refractivity contribution in [1.29, 1.82) is 0 Å². The molecule has 1 aliphatic rings. The van der Waals surface area contributed by atoms with E-state index in [1.54, 1.807) is 30.3 Å². The van der Waals surface area contributed by atoms with Gasteiger partial charge in [-0.05, 0) is 43.3 Å². The molecule has 1 heterocycles. The Morgan fingerprint density at radius 3 is 2.22 bits per heavy atom. The highest BCUT2D eigenvalue weighted by Crippen LogP contribution is 2.27. The van der Waals surface area contributed by atoms with Gasteiger partial charge in [0.2, 0.25) is 5.91 Å². The van der Waals surface area contributed by atoms with Gasteiger partial charge in [-0.15, -0.1) is 0 Å². The summed E-state index contributed by atoms with van der Waals surface area (Å²) in [6, 6.07) is 14.1. The van der Waals surface area contributed by atoms with Gasteiger partial charge < -0.3 is 15.3 Å². The van der Waals surface area contributed by atoms with E-state index in [0.29, 0.717) is 11.3 Å². The number of anilines is 2. The number of carbonyl (C=O) groups is 2. The standard InChI is InChI=1S/C21H25N3O3/c1-15(21(27)17-7-9-18(10-8-17)22-16(2)25)23-11-13-24(14-12-23)19-5-3-4-6-20(19)26/h3-10,15,26H,11-14H2,1-2H3,(H,22,25). The monoisotopic (exact) mass is 367 g/mol. The molecule has 0 aromatic heterocycles. The smallest absolute Gasteiger partial charge is 0.221 e. The highest BCUT2D eigenvalue weighted by Gasteiger charge is 2.27. The van der Waals surface area contributed by atoms with Gasteiger partial charge in [-0.2, -0.15) is 0 Å². The number of carbonyl (C=O) groups excluding carboxylic acids is 2. The van der Waals surface area contributed by atoms with Crippen LogP contribution in [0.3, 0.4) is 0 Å². The summed E-state index contributed by atoms with van der Waals surface area (Å²) in [6.07, 6.45) is 0. The Balaban J connectivity index is 1.60. The molecule has 1 saturated heterocycles. The average molecular weight is 367 g/mol. The highest BCUT2D eigenvalue weighted by molar-refractivity contribution is 6.00. The van der Waals surface area contributed by atoms with Crippen LogP contribution in [-0.2, 0) is 4.79 Å². The van der Waals surface area contributed by atoms with Crippen molar-refractivity contribution in [2.45, 2.75) is 19.9 Å². The first-order valence-corrected chi connectivity index (χ1v) is 9.14. The van der Waals surface area contributed by atoms with Crippen LogP contribution in [0.4, 0.5) is 11.4 Å². The lowest BCUT2D eigenvalue weighted by Crippen LogP contribution is -2.51. The van der Waals surface area contributed by atoms with Gasteiger partial charge in [0, 0.05) is 44.4 Å². The fourth-order valence-corrected chi connectivity index (χ4v) is 3.41. The first-order valence-electron chi connectivity index (χ1n) is 9.14. The Morgan fingerprint density at radius 1 is 1.00 bits per heavy atom. The Morgan fingerprint density at radius 2 is 1.63 bits per heavy atom. The lowest BCUT2D eigenvalue weighted by molar-refractivity contribution is -0.114. The molecule has 0 aliphatic carbocycles. The average Bonchev–Trinajstić information content (AvgIpc) is 2.67. The molecule has 1 fully saturated rings. The third-order valence-electron chi connectivity index (χ3n) is 4.95. The summed E-state index contributed by atoms with van der Waals surface area (Å²) in [6.45, 7) is 6.42. The third-order valence-corrected chi connectivity index (χ3v) is 4.95. The Labute approximate surface area is 159 Å². The van der Waals surface area contributed by atoms with E-state index >= 15 is 0 Å². The lowest BCUT2D eigenvalue weighted by Gasteiger charge is -2.38. The molecule has 1 atom stereocenters. The van der Waals surface area contributed by atoms with Gasteiger partial charge in [-0.1, -0.05) is 12.1 Å². The number of hydrogen-bond donors (Lipinski definition) is 2. The molecule has 3 rings (SSSR count). The Kier molecular flexibility index (Phi) is 5.76. The molecule has 27 heavy (non-hydrogen) atoms. The molecule has 2 aromatic rings. The maximum atomic E-state index is 12.8. The third kappa shape index (κ3) is 4.46. The van der Waals surface area contributed by atoms with Crippen LogP contribution in [0.15, 0.2) is 48.5 Å². The fourth-order valence-electron chi connectivity index (χ4n) is 3.41. The second-order valence-electron chi connectivity index (χ2n) is 6.81. The Bertz CT molecular complexity index is 812. The van der Waals surface area contributed by atoms with E-state index in [2.05, 4.69) is 15.1 Å². The van der Waals surface area contributed by atoms with Crippen LogP contribution in [0.25, 0.3) is 0 Å². The van der Waals surface area contributed by atoms with E-state index in [0.717, 1.165) is 31.9 Å². The number of hydrogen-bond acceptors (Lipinski definition) is 5. The second kappa shape index (κ2) is 8.22. The van der Waals surface area contributed by atoms with Crippen molar-refractivity contribution in [2.24, 2.45) is 0 Å². The molecule has 0 radical (unpaired) electrons. The molecular weight excluding hydrogens is 342 g/mol. The number of phenolic OH excluding ortho intramolecular Hbond substituents is 1. The zero-order chi connectivity index (χ0) is 19.4. The van der Waals surface area contributed by atoms with E-state index in [9.17, 15) is 14.7 Å². The summed E-state index contributed by atoms with van der Waals surface area (Å²) in [5.41, 5.74) is 2.16. The van der Waals surface area contributed by atoms with E-state index < -0.39 is 0 Å². The SMILES string of the molecule is CC(=O)Nc1ccc(C(=O)C(C)N2CCN(c3ccccc3O)CC2)cc1. The molecule has 0 spiro atoms. The number of para-hydroxylation sites is 2. The number of rotatable bonds is 5. The van der Waals surface area contributed by atoms with Crippen LogP contribution in [0.2, 0.25) is 0 Å². The number of nitrogens with zero attached hydrogens (tertiary/aromatic N) is 2. The van der Waals surface area contributed by atoms with Crippen molar-refractivity contribution >= 4 is 23.1 Å². The molecule has 1 aliphatic heterocycles. The number of benzene rings is 2. The number of Topliss-reactive ketones (excluding diaryl/α,β-unsaturated/α-hetero) is 1. The second-order valence-corrected chi connectivity index (χ2v) is 6.81. The molecule has 0 saturated carbocycles. The van der Waals surface area contributed by atoms with Crippen LogP contribution in [-0.4, -0.2) is 53.9 Å². The summed E-state index contributed by atoms with van der Waals surface area (Å²) in [4.78, 5) is 28.2. The summed E-state index contributed by atoms with van der Waals surface area (Å²) in [5.74, 6) is 0.222. The molecule has 2 aromatic carbocycles. The molecule has 2 N–H and O–H groups in total. The molecule has 0 bridgehead atoms. The van der Waals surface area contributed by atoms with E-state index in [1.807, 2.05) is 25.1 Å². The van der Waals surface area contributed by atoms with Gasteiger partial charge >= 0.3 is 0 Å². The minimum absolute atomic E-state index is 0.0698. The van der Waals surface area contributed by atoms with E-state index in [4.69, 9.17) is 0 Å². The quantitative estimate of drug-likeness (QED) is 0.795. The summed E-state index contributed by atoms with van der Waals surface area (Å²) < 4.78 is 0. The normalized spacial score (nSPS) is 16.0. The molecule has 1 amide bonds. The number of aromatic hydroxyl groups is 1. The largest absolute Gasteiger partial charge is 0.506 e. The molecule has 6 heteroatoms. The van der Waals surface area contributed by atoms with Gasteiger partial charge in [-0.3, -0.25) is 14.5 Å². The number of nitrogens with one attached hydrogen (secondary N) is 1. The molecular formula is C21H25N3O3. The predicted molar refractivity (Wildman–Crippen MR) is 106 cm³/mol. The van der Waals surface area contributed by atoms with E-state index in [-0.39, 0.29) is 23.5 Å². The minimum atomic E-state index is -0.219. The summed E-state index contributed by atoms with van der Waals surface area (Å²) in [5, 5.41) is 12.7. The van der Waals surface area contributed by atoms with Crippen LogP contribution in [0.5, 0.6) is 5.75 Å². The van der Waals surface area contributed by atoms with Gasteiger partial charge in [0.15, 0.2) is 5.78 Å². The fraction of sp³-hybridized carbons (Fsp3) is 0.333. The van der Waals surface area contributed by atoms with Gasteiger partial charge in [0.25, 0.3) is 0 Å². The van der Waals surface area contributed by atoms with Crippen molar-refractivity contribution in [3.8, 4) is 5.75 Å². The minimum Gasteiger partial charge on any atom is -0.506 e. The van der Waals surface area contributed by atoms with Crippen molar-refractivity contribution in [2.75, 3.05) is 36.4 Å². The van der Waals surface area contributed by atoms with Crippen molar-refractivity contribution < 1.29 is 14.7 Å². The Hall–Kier alpha value is -2.86. The maximum absolute atomic E-state index is 12.8. The van der Waals surface area contributed by atoms with Crippen LogP contribution in [0, 0.1) is 0 Å². The van der Waals surface area contributed by atoms with Crippen LogP contribution in [0.1, 0.15) is 24.2 Å². The summed E-state index contributed by atoms with van der Waals surface area (Å²) in [7, 11) is 0. The lowest BCUT2D eigenvalue weighted by atomic mass is 10.0. The zero-order valence-electron chi connectivity index (χ0n) is 15.7. The van der Waals surface area contributed by atoms with Crippen molar-refractivity contribution in [1.82, 2.24) is 4.90 Å². The van der Waals surface area contributed by atoms with Crippen molar-refractivity contribution in [3.05, 3.63) is 54.1 Å². The zero-order valence-corrected chi connectivity index (χ0v) is 15.7.